The molecule has 2 aromatic rings. The second-order valence-electron chi connectivity index (χ2n) is 4.74. The lowest BCUT2D eigenvalue weighted by Crippen LogP contribution is -2.15. The Balaban J connectivity index is 2.27. The number of rotatable bonds is 5. The standard InChI is InChI=1S/C16H20N2O2/c1-11-4-5-15(19-2)12(8-11)9-14(17)13-6-7-18-10-16(13)20-3/h4-8,10,14H,9,17H2,1-3H3. The zero-order valence-electron chi connectivity index (χ0n) is 12.1. The van der Waals surface area contributed by atoms with Gasteiger partial charge in [-0.05, 0) is 31.0 Å². The van der Waals surface area contributed by atoms with E-state index in [2.05, 4.69) is 18.0 Å². The number of nitrogens with two attached hydrogens (primary N) is 1. The molecule has 1 aromatic carbocycles. The van der Waals surface area contributed by atoms with Gasteiger partial charge in [-0.2, -0.15) is 0 Å². The molecule has 4 heteroatoms. The fourth-order valence-electron chi connectivity index (χ4n) is 2.28. The molecule has 0 amide bonds. The number of methoxy groups -OCH3 is 2. The lowest BCUT2D eigenvalue weighted by Gasteiger charge is -2.17. The molecule has 1 unspecified atom stereocenters. The molecule has 0 fully saturated rings. The number of benzene rings is 1. The van der Waals surface area contributed by atoms with Crippen molar-refractivity contribution in [2.24, 2.45) is 5.73 Å². The molecule has 0 radical (unpaired) electrons. The van der Waals surface area contributed by atoms with Crippen LogP contribution in [0.1, 0.15) is 22.7 Å². The molecule has 106 valence electrons. The van der Waals surface area contributed by atoms with E-state index in [1.54, 1.807) is 26.6 Å². The molecule has 2 rings (SSSR count). The van der Waals surface area contributed by atoms with Gasteiger partial charge < -0.3 is 15.2 Å². The van der Waals surface area contributed by atoms with Crippen LogP contribution in [0.4, 0.5) is 0 Å². The van der Waals surface area contributed by atoms with Crippen molar-refractivity contribution in [1.82, 2.24) is 4.98 Å². The van der Waals surface area contributed by atoms with Gasteiger partial charge in [0, 0.05) is 17.8 Å². The van der Waals surface area contributed by atoms with E-state index in [-0.39, 0.29) is 6.04 Å². The smallest absolute Gasteiger partial charge is 0.141 e. The van der Waals surface area contributed by atoms with Gasteiger partial charge in [0.05, 0.1) is 20.4 Å². The largest absolute Gasteiger partial charge is 0.496 e. The maximum absolute atomic E-state index is 6.31. The summed E-state index contributed by atoms with van der Waals surface area (Å²) in [7, 11) is 3.30. The van der Waals surface area contributed by atoms with Crippen LogP contribution in [0.5, 0.6) is 11.5 Å². The highest BCUT2D eigenvalue weighted by atomic mass is 16.5. The summed E-state index contributed by atoms with van der Waals surface area (Å²) in [6, 6.07) is 7.84. The summed E-state index contributed by atoms with van der Waals surface area (Å²) in [5, 5.41) is 0. The predicted molar refractivity (Wildman–Crippen MR) is 79.2 cm³/mol. The third-order valence-corrected chi connectivity index (χ3v) is 3.31. The Morgan fingerprint density at radius 2 is 1.90 bits per heavy atom. The molecule has 1 heterocycles. The van der Waals surface area contributed by atoms with Crippen LogP contribution in [-0.2, 0) is 6.42 Å². The first-order chi connectivity index (χ1) is 9.65. The summed E-state index contributed by atoms with van der Waals surface area (Å²) in [4.78, 5) is 4.05. The first kappa shape index (κ1) is 14.3. The van der Waals surface area contributed by atoms with Crippen LogP contribution in [-0.4, -0.2) is 19.2 Å². The fourth-order valence-corrected chi connectivity index (χ4v) is 2.28. The molecular weight excluding hydrogens is 252 g/mol. The van der Waals surface area contributed by atoms with E-state index < -0.39 is 0 Å². The van der Waals surface area contributed by atoms with Crippen LogP contribution in [0.25, 0.3) is 0 Å². The summed E-state index contributed by atoms with van der Waals surface area (Å²) in [6.07, 6.45) is 4.10. The molecule has 4 nitrogen and oxygen atoms in total. The van der Waals surface area contributed by atoms with Crippen LogP contribution < -0.4 is 15.2 Å². The zero-order valence-corrected chi connectivity index (χ0v) is 12.1. The Morgan fingerprint density at radius 3 is 2.60 bits per heavy atom. The number of aryl methyl sites for hydroxylation is 1. The maximum atomic E-state index is 6.31. The highest BCUT2D eigenvalue weighted by molar-refractivity contribution is 5.40. The number of hydrogen-bond donors (Lipinski definition) is 1. The molecule has 0 bridgehead atoms. The SMILES string of the molecule is COc1ccc(C)cc1CC(N)c1ccncc1OC. The van der Waals surface area contributed by atoms with Gasteiger partial charge in [-0.3, -0.25) is 4.98 Å². The van der Waals surface area contributed by atoms with E-state index in [1.807, 2.05) is 18.2 Å². The highest BCUT2D eigenvalue weighted by Crippen LogP contribution is 2.28. The lowest BCUT2D eigenvalue weighted by atomic mass is 9.98. The Labute approximate surface area is 119 Å². The van der Waals surface area contributed by atoms with Crippen LogP contribution in [0, 0.1) is 6.92 Å². The minimum Gasteiger partial charge on any atom is -0.496 e. The second-order valence-corrected chi connectivity index (χ2v) is 4.74. The van der Waals surface area contributed by atoms with Gasteiger partial charge in [0.2, 0.25) is 0 Å². The minimum atomic E-state index is -0.163. The van der Waals surface area contributed by atoms with E-state index >= 15 is 0 Å². The van der Waals surface area contributed by atoms with Gasteiger partial charge in [0.15, 0.2) is 0 Å². The van der Waals surface area contributed by atoms with E-state index in [1.165, 1.54) is 5.56 Å². The average Bonchev–Trinajstić information content (AvgIpc) is 2.47. The van der Waals surface area contributed by atoms with E-state index in [0.29, 0.717) is 12.2 Å². The van der Waals surface area contributed by atoms with E-state index in [4.69, 9.17) is 15.2 Å². The van der Waals surface area contributed by atoms with Gasteiger partial charge in [0.25, 0.3) is 0 Å². The lowest BCUT2D eigenvalue weighted by molar-refractivity contribution is 0.399. The zero-order chi connectivity index (χ0) is 14.5. The maximum Gasteiger partial charge on any atom is 0.141 e. The first-order valence-corrected chi connectivity index (χ1v) is 6.52. The molecule has 0 spiro atoms. The van der Waals surface area contributed by atoms with Crippen molar-refractivity contribution < 1.29 is 9.47 Å². The summed E-state index contributed by atoms with van der Waals surface area (Å²) in [5.74, 6) is 1.57. The topological polar surface area (TPSA) is 57.4 Å². The van der Waals surface area contributed by atoms with Crippen molar-refractivity contribution in [3.63, 3.8) is 0 Å². The Bertz CT molecular complexity index is 584. The van der Waals surface area contributed by atoms with Crippen molar-refractivity contribution in [3.05, 3.63) is 53.3 Å². The van der Waals surface area contributed by atoms with E-state index in [0.717, 1.165) is 16.9 Å². The molecule has 0 aliphatic heterocycles. The molecular formula is C16H20N2O2. The van der Waals surface area contributed by atoms with Crippen LogP contribution in [0.2, 0.25) is 0 Å². The second kappa shape index (κ2) is 6.39. The molecule has 0 saturated heterocycles. The van der Waals surface area contributed by atoms with Crippen LogP contribution in [0.15, 0.2) is 36.7 Å². The molecule has 1 atom stereocenters. The Hall–Kier alpha value is -2.07. The van der Waals surface area contributed by atoms with Gasteiger partial charge in [-0.15, -0.1) is 0 Å². The summed E-state index contributed by atoms with van der Waals surface area (Å²) in [5.41, 5.74) is 9.55. The van der Waals surface area contributed by atoms with E-state index in [9.17, 15) is 0 Å². The monoisotopic (exact) mass is 272 g/mol. The molecule has 0 aliphatic carbocycles. The Morgan fingerprint density at radius 1 is 1.15 bits per heavy atom. The predicted octanol–water partition coefficient (Wildman–Crippen LogP) is 2.65. The number of aromatic nitrogens is 1. The van der Waals surface area contributed by atoms with Crippen molar-refractivity contribution in [1.29, 1.82) is 0 Å². The molecule has 0 saturated carbocycles. The number of nitrogens with zero attached hydrogens (tertiary/aromatic N) is 1. The molecule has 20 heavy (non-hydrogen) atoms. The quantitative estimate of drug-likeness (QED) is 0.909. The normalized spacial score (nSPS) is 12.0. The molecule has 0 aliphatic rings. The highest BCUT2D eigenvalue weighted by Gasteiger charge is 2.15. The summed E-state index contributed by atoms with van der Waals surface area (Å²) < 4.78 is 10.7. The van der Waals surface area contributed by atoms with Crippen molar-refractivity contribution in [2.75, 3.05) is 14.2 Å². The number of pyridine rings is 1. The van der Waals surface area contributed by atoms with Gasteiger partial charge in [0.1, 0.15) is 11.5 Å². The summed E-state index contributed by atoms with van der Waals surface area (Å²) >= 11 is 0. The first-order valence-electron chi connectivity index (χ1n) is 6.52. The minimum absolute atomic E-state index is 0.163. The number of ether oxygens (including phenoxy) is 2. The Kier molecular flexibility index (Phi) is 4.58. The number of hydrogen-bond acceptors (Lipinski definition) is 4. The average molecular weight is 272 g/mol. The molecule has 1 aromatic heterocycles. The van der Waals surface area contributed by atoms with Crippen molar-refractivity contribution in [2.45, 2.75) is 19.4 Å². The van der Waals surface area contributed by atoms with Crippen molar-refractivity contribution in [3.8, 4) is 11.5 Å². The fraction of sp³-hybridized carbons (Fsp3) is 0.312. The van der Waals surface area contributed by atoms with Crippen LogP contribution >= 0.6 is 0 Å². The summed E-state index contributed by atoms with van der Waals surface area (Å²) in [6.45, 7) is 2.06. The van der Waals surface area contributed by atoms with Gasteiger partial charge >= 0.3 is 0 Å². The van der Waals surface area contributed by atoms with Crippen LogP contribution in [0.3, 0.4) is 0 Å². The van der Waals surface area contributed by atoms with Gasteiger partial charge in [-0.1, -0.05) is 17.7 Å². The van der Waals surface area contributed by atoms with Crippen molar-refractivity contribution >= 4 is 0 Å². The third kappa shape index (κ3) is 3.08. The molecule has 2 N–H and O–H groups in total. The third-order valence-electron chi connectivity index (χ3n) is 3.31. The van der Waals surface area contributed by atoms with Gasteiger partial charge in [-0.25, -0.2) is 0 Å².